The molecule has 0 heterocycles. The number of nitrogens with one attached hydrogen (secondary N) is 1. The van der Waals surface area contributed by atoms with Gasteiger partial charge in [0.05, 0.1) is 33.8 Å². The minimum atomic E-state index is -4.46. The highest BCUT2D eigenvalue weighted by molar-refractivity contribution is 7.47. The molecule has 0 aliphatic rings. The van der Waals surface area contributed by atoms with Gasteiger partial charge < -0.3 is 19.4 Å². The van der Waals surface area contributed by atoms with Crippen LogP contribution in [0.3, 0.4) is 0 Å². The molecule has 496 valence electrons. The van der Waals surface area contributed by atoms with Gasteiger partial charge >= 0.3 is 13.8 Å². The van der Waals surface area contributed by atoms with Gasteiger partial charge in [0.25, 0.3) is 0 Å². The van der Waals surface area contributed by atoms with E-state index in [1.165, 1.54) is 231 Å². The molecule has 0 fully saturated rings. The second kappa shape index (κ2) is 64.4. The molecule has 2 N–H and O–H groups in total. The van der Waals surface area contributed by atoms with E-state index in [1.807, 2.05) is 33.3 Å². The van der Waals surface area contributed by atoms with Crippen molar-refractivity contribution in [2.24, 2.45) is 0 Å². The highest BCUT2D eigenvalue weighted by Crippen LogP contribution is 2.43. The summed E-state index contributed by atoms with van der Waals surface area (Å²) in [4.78, 5) is 37.9. The highest BCUT2D eigenvalue weighted by atomic mass is 31.2. The standard InChI is InChI=1S/C75H139N2O7P/c1-7-10-13-16-19-22-25-28-30-32-34-36-37-38-39-41-43-45-47-50-53-56-59-62-65-68-75(79)84-73(66-63-60-57-54-51-48-27-24-21-18-15-12-9-3)72(71-83-85(80,81)82-70-69-77(4,5)6)76-74(78)67-64-61-58-55-52-49-46-44-42-40-35-33-31-29-26-23-20-17-14-11-8-2/h19-20,22-23,28-31,34,36,63,66,72-73H,7-18,21,24-27,32-33,35,37-62,64-65,67-71H2,1-6H3,(H-,76,78,80,81)/p+1/b22-19-,23-20-,30-28-,31-29-,36-34-,66-63+. The Morgan fingerprint density at radius 3 is 1.09 bits per heavy atom. The number of amides is 1. The van der Waals surface area contributed by atoms with E-state index in [-0.39, 0.29) is 31.5 Å². The number of ether oxygens (including phenoxy) is 1. The van der Waals surface area contributed by atoms with E-state index in [4.69, 9.17) is 13.8 Å². The number of unbranched alkanes of at least 4 members (excludes halogenated alkanes) is 40. The number of phosphoric acid groups is 1. The van der Waals surface area contributed by atoms with Crippen molar-refractivity contribution in [3.63, 3.8) is 0 Å². The minimum Gasteiger partial charge on any atom is -0.456 e. The van der Waals surface area contributed by atoms with Crippen molar-refractivity contribution in [2.75, 3.05) is 40.9 Å². The molecule has 0 aliphatic carbocycles. The average Bonchev–Trinajstić information content (AvgIpc) is 3.48. The van der Waals surface area contributed by atoms with Gasteiger partial charge in [-0.15, -0.1) is 0 Å². The van der Waals surface area contributed by atoms with E-state index >= 15 is 0 Å². The summed E-state index contributed by atoms with van der Waals surface area (Å²) in [6.07, 6.45) is 84.8. The van der Waals surface area contributed by atoms with Gasteiger partial charge in [-0.1, -0.05) is 299 Å². The molecule has 1 amide bonds. The quantitative estimate of drug-likeness (QED) is 0.0205. The first-order valence-electron chi connectivity index (χ1n) is 36.3. The number of quaternary nitrogens is 1. The van der Waals surface area contributed by atoms with Crippen LogP contribution in [0.2, 0.25) is 0 Å². The number of likely N-dealkylation sites (N-methyl/N-ethyl adjacent to an activating group) is 1. The van der Waals surface area contributed by atoms with Crippen molar-refractivity contribution >= 4 is 19.7 Å². The molecule has 0 radical (unpaired) electrons. The maximum Gasteiger partial charge on any atom is 0.472 e. The molecule has 9 nitrogen and oxygen atoms in total. The smallest absolute Gasteiger partial charge is 0.456 e. The van der Waals surface area contributed by atoms with Gasteiger partial charge in [-0.05, 0) is 102 Å². The Morgan fingerprint density at radius 1 is 0.412 bits per heavy atom. The van der Waals surface area contributed by atoms with Crippen LogP contribution in [-0.4, -0.2) is 74.3 Å². The van der Waals surface area contributed by atoms with Crippen molar-refractivity contribution < 1.29 is 37.3 Å². The van der Waals surface area contributed by atoms with Crippen LogP contribution < -0.4 is 5.32 Å². The average molecular weight is 1210 g/mol. The predicted octanol–water partition coefficient (Wildman–Crippen LogP) is 23.1. The molecular weight excluding hydrogens is 1070 g/mol. The molecular formula is C75H140N2O7P+. The lowest BCUT2D eigenvalue weighted by Gasteiger charge is -2.27. The zero-order chi connectivity index (χ0) is 62.1. The number of nitrogens with zero attached hydrogens (tertiary/aromatic N) is 1. The zero-order valence-electron chi connectivity index (χ0n) is 56.9. The van der Waals surface area contributed by atoms with E-state index in [0.29, 0.717) is 17.4 Å². The summed E-state index contributed by atoms with van der Waals surface area (Å²) in [5.41, 5.74) is 0. The molecule has 10 heteroatoms. The van der Waals surface area contributed by atoms with Crippen LogP contribution in [0.5, 0.6) is 0 Å². The summed E-state index contributed by atoms with van der Waals surface area (Å²) in [6.45, 7) is 7.00. The first kappa shape index (κ1) is 82.5. The van der Waals surface area contributed by atoms with Gasteiger partial charge in [-0.25, -0.2) is 4.57 Å². The summed E-state index contributed by atoms with van der Waals surface area (Å²) in [7, 11) is 1.50. The Bertz CT molecular complexity index is 1680. The van der Waals surface area contributed by atoms with Gasteiger partial charge in [0, 0.05) is 12.8 Å². The van der Waals surface area contributed by atoms with Crippen molar-refractivity contribution in [2.45, 2.75) is 354 Å². The summed E-state index contributed by atoms with van der Waals surface area (Å²) >= 11 is 0. The molecule has 3 unspecified atom stereocenters. The topological polar surface area (TPSA) is 111 Å². The first-order valence-corrected chi connectivity index (χ1v) is 37.8. The van der Waals surface area contributed by atoms with Gasteiger partial charge in [0.1, 0.15) is 19.3 Å². The third-order valence-corrected chi connectivity index (χ3v) is 17.1. The summed E-state index contributed by atoms with van der Waals surface area (Å²) in [6, 6.07) is -0.853. The number of hydrogen-bond donors (Lipinski definition) is 2. The zero-order valence-corrected chi connectivity index (χ0v) is 57.7. The molecule has 85 heavy (non-hydrogen) atoms. The Balaban J connectivity index is 5.08. The van der Waals surface area contributed by atoms with Crippen LogP contribution in [0.4, 0.5) is 0 Å². The van der Waals surface area contributed by atoms with Crippen LogP contribution in [0.1, 0.15) is 342 Å². The number of phosphoric ester groups is 1. The minimum absolute atomic E-state index is 0.0387. The van der Waals surface area contributed by atoms with Crippen LogP contribution in [0.25, 0.3) is 0 Å². The van der Waals surface area contributed by atoms with Gasteiger partial charge in [-0.3, -0.25) is 18.6 Å². The maximum atomic E-state index is 13.6. The predicted molar refractivity (Wildman–Crippen MR) is 369 cm³/mol. The number of carbonyl (C=O) groups is 2. The van der Waals surface area contributed by atoms with Crippen LogP contribution in [0.15, 0.2) is 72.9 Å². The van der Waals surface area contributed by atoms with Crippen molar-refractivity contribution in [3.05, 3.63) is 72.9 Å². The Morgan fingerprint density at radius 2 is 0.718 bits per heavy atom. The molecule has 0 spiro atoms. The number of carbonyl (C=O) groups excluding carboxylic acids is 2. The summed E-state index contributed by atoms with van der Waals surface area (Å²) in [5.74, 6) is -0.498. The second-order valence-electron chi connectivity index (χ2n) is 25.8. The van der Waals surface area contributed by atoms with E-state index in [1.54, 1.807) is 0 Å². The van der Waals surface area contributed by atoms with E-state index in [2.05, 4.69) is 86.8 Å². The lowest BCUT2D eigenvalue weighted by Crippen LogP contribution is -2.47. The Labute approximate surface area is 527 Å². The van der Waals surface area contributed by atoms with Crippen LogP contribution in [0, 0.1) is 0 Å². The van der Waals surface area contributed by atoms with Crippen LogP contribution >= 0.6 is 7.82 Å². The number of esters is 1. The Hall–Kier alpha value is -2.55. The molecule has 0 rings (SSSR count). The first-order chi connectivity index (χ1) is 41.4. The maximum absolute atomic E-state index is 13.6. The molecule has 3 atom stereocenters. The van der Waals surface area contributed by atoms with Crippen molar-refractivity contribution in [1.82, 2.24) is 5.32 Å². The fraction of sp³-hybridized carbons (Fsp3) is 0.813. The van der Waals surface area contributed by atoms with Gasteiger partial charge in [0.2, 0.25) is 5.91 Å². The van der Waals surface area contributed by atoms with Crippen molar-refractivity contribution in [1.29, 1.82) is 0 Å². The second-order valence-corrected chi connectivity index (χ2v) is 27.2. The van der Waals surface area contributed by atoms with Crippen molar-refractivity contribution in [3.8, 4) is 0 Å². The molecule has 0 saturated heterocycles. The largest absolute Gasteiger partial charge is 0.472 e. The monoisotopic (exact) mass is 1210 g/mol. The third-order valence-electron chi connectivity index (χ3n) is 16.1. The van der Waals surface area contributed by atoms with E-state index in [9.17, 15) is 19.0 Å². The third kappa shape index (κ3) is 65.7. The van der Waals surface area contributed by atoms with E-state index in [0.717, 1.165) is 77.0 Å². The molecule has 0 aromatic heterocycles. The summed E-state index contributed by atoms with van der Waals surface area (Å²) in [5, 5.41) is 3.08. The summed E-state index contributed by atoms with van der Waals surface area (Å²) < 4.78 is 30.9. The van der Waals surface area contributed by atoms with E-state index < -0.39 is 20.0 Å². The normalized spacial score (nSPS) is 13.9. The fourth-order valence-electron chi connectivity index (χ4n) is 10.5. The fourth-order valence-corrected chi connectivity index (χ4v) is 11.2. The molecule has 0 aliphatic heterocycles. The highest BCUT2D eigenvalue weighted by Gasteiger charge is 2.30. The van der Waals surface area contributed by atoms with Gasteiger partial charge in [0.15, 0.2) is 0 Å². The number of rotatable bonds is 66. The molecule has 0 bridgehead atoms. The van der Waals surface area contributed by atoms with Crippen LogP contribution in [-0.2, 0) is 27.9 Å². The molecule has 0 saturated carbocycles. The lowest BCUT2D eigenvalue weighted by atomic mass is 10.0. The SMILES string of the molecule is CCCCC/C=C\C/C=C\C/C=C\CCCCCCCCCCCCCCC(=O)OC(/C=C/CCCCCCCCCCCCC)C(COP(=O)(O)OCC[N+](C)(C)C)NC(=O)CCCCCCCCCCCCC/C=C\C/C=C\CCCCC. The lowest BCUT2D eigenvalue weighted by molar-refractivity contribution is -0.870. The van der Waals surface area contributed by atoms with Gasteiger partial charge in [-0.2, -0.15) is 0 Å². The number of hydrogen-bond acceptors (Lipinski definition) is 6. The Kier molecular flexibility index (Phi) is 62.5. The molecule has 0 aromatic carbocycles. The molecule has 0 aromatic rings. The number of allylic oxidation sites excluding steroid dienone is 11.